The van der Waals surface area contributed by atoms with Crippen LogP contribution in [0, 0.1) is 0 Å². The summed E-state index contributed by atoms with van der Waals surface area (Å²) in [5.74, 6) is -0.887. The van der Waals surface area contributed by atoms with Crippen LogP contribution in [0.15, 0.2) is 59.5 Å². The monoisotopic (exact) mass is 389 g/mol. The molecule has 0 saturated carbocycles. The van der Waals surface area contributed by atoms with E-state index in [9.17, 15) is 9.59 Å². The number of hydrogen-bond acceptors (Lipinski definition) is 4. The van der Waals surface area contributed by atoms with Crippen molar-refractivity contribution in [3.05, 3.63) is 70.8 Å². The maximum atomic E-state index is 11.7. The molecule has 0 spiro atoms. The van der Waals surface area contributed by atoms with E-state index in [1.807, 2.05) is 48.7 Å². The van der Waals surface area contributed by atoms with Crippen molar-refractivity contribution in [1.29, 1.82) is 0 Å². The van der Waals surface area contributed by atoms with Gasteiger partial charge < -0.3 is 10.1 Å². The first kappa shape index (κ1) is 20.1. The zero-order valence-corrected chi connectivity index (χ0v) is 16.0. The van der Waals surface area contributed by atoms with Gasteiger partial charge in [0.1, 0.15) is 0 Å². The summed E-state index contributed by atoms with van der Waals surface area (Å²) in [6.07, 6.45) is 5.63. The summed E-state index contributed by atoms with van der Waals surface area (Å²) >= 11 is 7.56. The number of esters is 1. The maximum absolute atomic E-state index is 11.7. The van der Waals surface area contributed by atoms with Gasteiger partial charge in [-0.05, 0) is 54.1 Å². The van der Waals surface area contributed by atoms with Crippen LogP contribution in [0.2, 0.25) is 5.02 Å². The first-order chi connectivity index (χ1) is 12.6. The molecule has 6 heteroatoms. The molecule has 0 radical (unpaired) electrons. The number of carbonyl (C=O) groups excluding carboxylic acids is 2. The van der Waals surface area contributed by atoms with Gasteiger partial charge in [-0.2, -0.15) is 0 Å². The fraction of sp³-hybridized carbons (Fsp3) is 0.200. The van der Waals surface area contributed by atoms with Gasteiger partial charge in [-0.25, -0.2) is 4.79 Å². The minimum Gasteiger partial charge on any atom is -0.452 e. The van der Waals surface area contributed by atoms with Crippen LogP contribution >= 0.6 is 23.4 Å². The molecule has 0 aliphatic rings. The van der Waals surface area contributed by atoms with Gasteiger partial charge in [-0.3, -0.25) is 4.79 Å². The van der Waals surface area contributed by atoms with Crippen molar-refractivity contribution >= 4 is 41.3 Å². The van der Waals surface area contributed by atoms with Crippen molar-refractivity contribution in [2.45, 2.75) is 11.3 Å². The molecule has 0 fully saturated rings. The Labute approximate surface area is 162 Å². The summed E-state index contributed by atoms with van der Waals surface area (Å²) in [5.41, 5.74) is 1.93. The van der Waals surface area contributed by atoms with E-state index in [1.165, 1.54) is 6.08 Å². The van der Waals surface area contributed by atoms with Crippen LogP contribution in [-0.2, 0) is 20.7 Å². The third kappa shape index (κ3) is 7.33. The maximum Gasteiger partial charge on any atom is 0.331 e. The number of halogens is 1. The van der Waals surface area contributed by atoms with Gasteiger partial charge in [0.2, 0.25) is 0 Å². The predicted octanol–water partition coefficient (Wildman–Crippen LogP) is 3.98. The van der Waals surface area contributed by atoms with Crippen molar-refractivity contribution in [1.82, 2.24) is 5.32 Å². The highest BCUT2D eigenvalue weighted by molar-refractivity contribution is 7.98. The first-order valence-electron chi connectivity index (χ1n) is 8.07. The molecule has 2 rings (SSSR count). The molecule has 2 aromatic rings. The van der Waals surface area contributed by atoms with Crippen LogP contribution in [0.1, 0.15) is 11.1 Å². The highest BCUT2D eigenvalue weighted by Gasteiger charge is 2.05. The molecule has 26 heavy (non-hydrogen) atoms. The van der Waals surface area contributed by atoms with Crippen molar-refractivity contribution in [2.24, 2.45) is 0 Å². The summed E-state index contributed by atoms with van der Waals surface area (Å²) in [6, 6.07) is 15.2. The van der Waals surface area contributed by atoms with Crippen LogP contribution in [0.3, 0.4) is 0 Å². The van der Waals surface area contributed by atoms with Gasteiger partial charge in [0.05, 0.1) is 0 Å². The minimum absolute atomic E-state index is 0.301. The lowest BCUT2D eigenvalue weighted by Crippen LogP contribution is -2.30. The van der Waals surface area contributed by atoms with Gasteiger partial charge >= 0.3 is 5.97 Å². The fourth-order valence-corrected chi connectivity index (χ4v) is 2.77. The number of hydrogen-bond donors (Lipinski definition) is 1. The first-order valence-corrected chi connectivity index (χ1v) is 9.67. The van der Waals surface area contributed by atoms with Crippen molar-refractivity contribution in [3.63, 3.8) is 0 Å². The third-order valence-corrected chi connectivity index (χ3v) is 4.48. The van der Waals surface area contributed by atoms with Gasteiger partial charge in [0, 0.05) is 22.5 Å². The quantitative estimate of drug-likeness (QED) is 0.421. The Morgan fingerprint density at radius 2 is 1.96 bits per heavy atom. The van der Waals surface area contributed by atoms with Crippen molar-refractivity contribution in [3.8, 4) is 0 Å². The molecule has 0 aliphatic carbocycles. The zero-order valence-electron chi connectivity index (χ0n) is 14.4. The molecule has 4 nitrogen and oxygen atoms in total. The summed E-state index contributed by atoms with van der Waals surface area (Å²) in [5, 5.41) is 3.37. The highest BCUT2D eigenvalue weighted by atomic mass is 35.5. The van der Waals surface area contributed by atoms with E-state index in [0.29, 0.717) is 18.0 Å². The van der Waals surface area contributed by atoms with E-state index in [0.717, 1.165) is 16.0 Å². The van der Waals surface area contributed by atoms with Crippen molar-refractivity contribution in [2.75, 3.05) is 19.4 Å². The number of ether oxygens (including phenoxy) is 1. The highest BCUT2D eigenvalue weighted by Crippen LogP contribution is 2.15. The molecule has 0 aromatic heterocycles. The Kier molecular flexibility index (Phi) is 8.25. The lowest BCUT2D eigenvalue weighted by Gasteiger charge is -2.06. The topological polar surface area (TPSA) is 55.4 Å². The van der Waals surface area contributed by atoms with Crippen LogP contribution in [-0.4, -0.2) is 31.3 Å². The molecular formula is C20H20ClNO3S. The number of carbonyl (C=O) groups is 2. The number of nitrogens with one attached hydrogen (secondary N) is 1. The second-order valence-corrected chi connectivity index (χ2v) is 6.76. The molecule has 1 amide bonds. The van der Waals surface area contributed by atoms with Gasteiger partial charge in [0.15, 0.2) is 6.61 Å². The van der Waals surface area contributed by atoms with Crippen LogP contribution < -0.4 is 5.32 Å². The standard InChI is InChI=1S/C20H20ClNO3S/c1-26-18-8-5-15(6-9-18)7-10-20(24)25-14-19(23)22-12-11-16-3-2-4-17(21)13-16/h2-10,13H,11-12,14H2,1H3,(H,22,23)/b10-7+. The van der Waals surface area contributed by atoms with E-state index in [-0.39, 0.29) is 12.5 Å². The second-order valence-electron chi connectivity index (χ2n) is 5.44. The second kappa shape index (κ2) is 10.7. The van der Waals surface area contributed by atoms with Crippen molar-refractivity contribution < 1.29 is 14.3 Å². The number of thioether (sulfide) groups is 1. The molecule has 0 atom stereocenters. The Bertz CT molecular complexity index is 775. The fourth-order valence-electron chi connectivity index (χ4n) is 2.15. The largest absolute Gasteiger partial charge is 0.452 e. The number of benzene rings is 2. The summed E-state index contributed by atoms with van der Waals surface area (Å²) in [4.78, 5) is 24.5. The molecule has 2 aromatic carbocycles. The lowest BCUT2D eigenvalue weighted by atomic mass is 10.1. The Morgan fingerprint density at radius 3 is 2.65 bits per heavy atom. The van der Waals surface area contributed by atoms with Crippen LogP contribution in [0.4, 0.5) is 0 Å². The van der Waals surface area contributed by atoms with E-state index >= 15 is 0 Å². The Balaban J connectivity index is 1.67. The summed E-state index contributed by atoms with van der Waals surface area (Å²) < 4.78 is 4.93. The zero-order chi connectivity index (χ0) is 18.8. The van der Waals surface area contributed by atoms with E-state index in [4.69, 9.17) is 16.3 Å². The lowest BCUT2D eigenvalue weighted by molar-refractivity contribution is -0.143. The Morgan fingerprint density at radius 1 is 1.19 bits per heavy atom. The molecule has 1 N–H and O–H groups in total. The molecule has 0 unspecified atom stereocenters. The average Bonchev–Trinajstić information content (AvgIpc) is 2.65. The Hall–Kier alpha value is -2.24. The predicted molar refractivity (Wildman–Crippen MR) is 106 cm³/mol. The number of amides is 1. The molecule has 0 heterocycles. The molecule has 0 bridgehead atoms. The van der Waals surface area contributed by atoms with Crippen LogP contribution in [0.5, 0.6) is 0 Å². The molecule has 136 valence electrons. The van der Waals surface area contributed by atoms with E-state index in [2.05, 4.69) is 5.32 Å². The average molecular weight is 390 g/mol. The van der Waals surface area contributed by atoms with Gasteiger partial charge in [-0.15, -0.1) is 11.8 Å². The van der Waals surface area contributed by atoms with Gasteiger partial charge in [0.25, 0.3) is 5.91 Å². The molecule has 0 aliphatic heterocycles. The normalized spacial score (nSPS) is 10.7. The SMILES string of the molecule is CSc1ccc(/C=C/C(=O)OCC(=O)NCCc2cccc(Cl)c2)cc1. The summed E-state index contributed by atoms with van der Waals surface area (Å²) in [6.45, 7) is 0.151. The van der Waals surface area contributed by atoms with Gasteiger partial charge in [-0.1, -0.05) is 35.9 Å². The number of rotatable bonds is 8. The van der Waals surface area contributed by atoms with E-state index in [1.54, 1.807) is 23.9 Å². The van der Waals surface area contributed by atoms with Crippen LogP contribution in [0.25, 0.3) is 6.08 Å². The smallest absolute Gasteiger partial charge is 0.331 e. The molecule has 0 saturated heterocycles. The summed E-state index contributed by atoms with van der Waals surface area (Å²) in [7, 11) is 0. The minimum atomic E-state index is -0.552. The molecular weight excluding hydrogens is 370 g/mol. The van der Waals surface area contributed by atoms with E-state index < -0.39 is 5.97 Å². The third-order valence-electron chi connectivity index (χ3n) is 3.50.